The predicted octanol–water partition coefficient (Wildman–Crippen LogP) is 3.20. The van der Waals surface area contributed by atoms with Gasteiger partial charge >= 0.3 is 6.03 Å². The summed E-state index contributed by atoms with van der Waals surface area (Å²) in [6.45, 7) is 3.33. The van der Waals surface area contributed by atoms with Crippen LogP contribution in [0.2, 0.25) is 0 Å². The number of amides is 3. The molecule has 7 heteroatoms. The maximum Gasteiger partial charge on any atom is 0.321 e. The van der Waals surface area contributed by atoms with Gasteiger partial charge in [0.15, 0.2) is 5.76 Å². The van der Waals surface area contributed by atoms with E-state index in [4.69, 9.17) is 9.15 Å². The summed E-state index contributed by atoms with van der Waals surface area (Å²) < 4.78 is 10.9. The summed E-state index contributed by atoms with van der Waals surface area (Å²) in [6, 6.07) is 10.9. The van der Waals surface area contributed by atoms with Gasteiger partial charge in [-0.2, -0.15) is 0 Å². The van der Waals surface area contributed by atoms with E-state index in [-0.39, 0.29) is 11.9 Å². The molecule has 1 aromatic heterocycles. The van der Waals surface area contributed by atoms with Crippen LogP contribution in [-0.2, 0) is 11.3 Å². The third-order valence-electron chi connectivity index (χ3n) is 5.08. The molecule has 148 valence electrons. The Labute approximate surface area is 164 Å². The van der Waals surface area contributed by atoms with Gasteiger partial charge < -0.3 is 24.3 Å². The molecule has 2 aliphatic rings. The van der Waals surface area contributed by atoms with Gasteiger partial charge in [-0.15, -0.1) is 0 Å². The Bertz CT molecular complexity index is 809. The molecule has 2 fully saturated rings. The number of carbonyl (C=O) groups is 2. The van der Waals surface area contributed by atoms with Crippen LogP contribution in [0, 0.1) is 5.92 Å². The molecule has 28 heavy (non-hydrogen) atoms. The maximum absolute atomic E-state index is 12.6. The second-order valence-electron chi connectivity index (χ2n) is 7.35. The molecule has 0 bridgehead atoms. The molecule has 0 spiro atoms. The summed E-state index contributed by atoms with van der Waals surface area (Å²) in [4.78, 5) is 28.3. The molecule has 1 N–H and O–H groups in total. The van der Waals surface area contributed by atoms with Gasteiger partial charge in [-0.25, -0.2) is 4.79 Å². The standard InChI is InChI=1S/C21H25N3O4/c25-20(19-5-2-12-28-19)23-8-10-24(11-9-23)21(26)22-18-4-1-3-17(13-18)15-27-14-16-6-7-16/h1-5,12-13,16H,6-11,14-15H2,(H,22,26). The van der Waals surface area contributed by atoms with Crippen LogP contribution in [0.25, 0.3) is 0 Å². The number of rotatable bonds is 6. The number of carbonyl (C=O) groups excluding carboxylic acids is 2. The maximum atomic E-state index is 12.6. The van der Waals surface area contributed by atoms with Crippen LogP contribution in [0.15, 0.2) is 47.1 Å². The molecule has 7 nitrogen and oxygen atoms in total. The minimum Gasteiger partial charge on any atom is -0.459 e. The van der Waals surface area contributed by atoms with E-state index in [1.54, 1.807) is 21.9 Å². The first-order valence-corrected chi connectivity index (χ1v) is 9.74. The number of urea groups is 1. The number of ether oxygens (including phenoxy) is 1. The van der Waals surface area contributed by atoms with Crippen molar-refractivity contribution in [1.82, 2.24) is 9.80 Å². The Balaban J connectivity index is 1.25. The predicted molar refractivity (Wildman–Crippen MR) is 104 cm³/mol. The van der Waals surface area contributed by atoms with Gasteiger partial charge in [0.2, 0.25) is 0 Å². The summed E-state index contributed by atoms with van der Waals surface area (Å²) in [5.41, 5.74) is 1.80. The lowest BCUT2D eigenvalue weighted by Crippen LogP contribution is -2.51. The molecule has 3 amide bonds. The van der Waals surface area contributed by atoms with Gasteiger partial charge in [0.05, 0.1) is 12.9 Å². The molecule has 1 saturated heterocycles. The molecule has 0 unspecified atom stereocenters. The van der Waals surface area contributed by atoms with E-state index in [2.05, 4.69) is 5.32 Å². The third kappa shape index (κ3) is 4.72. The Morgan fingerprint density at radius 2 is 1.86 bits per heavy atom. The lowest BCUT2D eigenvalue weighted by atomic mass is 10.2. The smallest absolute Gasteiger partial charge is 0.321 e. The van der Waals surface area contributed by atoms with Crippen LogP contribution < -0.4 is 5.32 Å². The first-order valence-electron chi connectivity index (χ1n) is 9.74. The minimum atomic E-state index is -0.152. The quantitative estimate of drug-likeness (QED) is 0.831. The van der Waals surface area contributed by atoms with Crippen LogP contribution in [-0.4, -0.2) is 54.5 Å². The first kappa shape index (κ1) is 18.6. The van der Waals surface area contributed by atoms with Crippen molar-refractivity contribution >= 4 is 17.6 Å². The average molecular weight is 383 g/mol. The minimum absolute atomic E-state index is 0.135. The molecule has 1 aliphatic carbocycles. The lowest BCUT2D eigenvalue weighted by Gasteiger charge is -2.34. The van der Waals surface area contributed by atoms with Crippen molar-refractivity contribution in [3.8, 4) is 0 Å². The number of benzene rings is 1. The van der Waals surface area contributed by atoms with Crippen molar-refractivity contribution in [2.75, 3.05) is 38.1 Å². The highest BCUT2D eigenvalue weighted by Gasteiger charge is 2.26. The monoisotopic (exact) mass is 383 g/mol. The zero-order chi connectivity index (χ0) is 19.3. The highest BCUT2D eigenvalue weighted by molar-refractivity contribution is 5.92. The van der Waals surface area contributed by atoms with Gasteiger partial charge in [-0.05, 0) is 48.6 Å². The van der Waals surface area contributed by atoms with Crippen molar-refractivity contribution < 1.29 is 18.7 Å². The van der Waals surface area contributed by atoms with Gasteiger partial charge in [-0.1, -0.05) is 12.1 Å². The fourth-order valence-electron chi connectivity index (χ4n) is 3.24. The van der Waals surface area contributed by atoms with Crippen molar-refractivity contribution in [3.63, 3.8) is 0 Å². The molecule has 0 atom stereocenters. The van der Waals surface area contributed by atoms with Crippen LogP contribution >= 0.6 is 0 Å². The van der Waals surface area contributed by atoms with Crippen molar-refractivity contribution in [2.45, 2.75) is 19.4 Å². The highest BCUT2D eigenvalue weighted by atomic mass is 16.5. The van der Waals surface area contributed by atoms with Crippen LogP contribution in [0.5, 0.6) is 0 Å². The fourth-order valence-corrected chi connectivity index (χ4v) is 3.24. The number of nitrogens with zero attached hydrogens (tertiary/aromatic N) is 2. The largest absolute Gasteiger partial charge is 0.459 e. The van der Waals surface area contributed by atoms with Crippen LogP contribution in [0.1, 0.15) is 29.0 Å². The van der Waals surface area contributed by atoms with Gasteiger partial charge in [0.25, 0.3) is 5.91 Å². The SMILES string of the molecule is O=C(Nc1cccc(COCC2CC2)c1)N1CCN(C(=O)c2ccco2)CC1. The Morgan fingerprint density at radius 1 is 1.07 bits per heavy atom. The topological polar surface area (TPSA) is 75.0 Å². The van der Waals surface area contributed by atoms with Gasteiger partial charge in [-0.3, -0.25) is 4.79 Å². The summed E-state index contributed by atoms with van der Waals surface area (Å²) >= 11 is 0. The fraction of sp³-hybridized carbons (Fsp3) is 0.429. The zero-order valence-electron chi connectivity index (χ0n) is 15.8. The summed E-state index contributed by atoms with van der Waals surface area (Å²) in [7, 11) is 0. The molecule has 2 aromatic rings. The van der Waals surface area contributed by atoms with Gasteiger partial charge in [0, 0.05) is 38.5 Å². The lowest BCUT2D eigenvalue weighted by molar-refractivity contribution is 0.0640. The Kier molecular flexibility index (Phi) is 5.62. The number of anilines is 1. The van der Waals surface area contributed by atoms with E-state index < -0.39 is 0 Å². The molecular formula is C21H25N3O4. The van der Waals surface area contributed by atoms with Crippen LogP contribution in [0.4, 0.5) is 10.5 Å². The number of furan rings is 1. The Morgan fingerprint density at radius 3 is 2.57 bits per heavy atom. The van der Waals surface area contributed by atoms with E-state index in [0.717, 1.165) is 23.8 Å². The van der Waals surface area contributed by atoms with Crippen molar-refractivity contribution in [2.24, 2.45) is 5.92 Å². The molecular weight excluding hydrogens is 358 g/mol. The number of piperazine rings is 1. The van der Waals surface area contributed by atoms with E-state index in [9.17, 15) is 9.59 Å². The molecule has 2 heterocycles. The third-order valence-corrected chi connectivity index (χ3v) is 5.08. The average Bonchev–Trinajstić information content (AvgIpc) is 3.38. The number of hydrogen-bond donors (Lipinski definition) is 1. The summed E-state index contributed by atoms with van der Waals surface area (Å²) in [6.07, 6.45) is 4.04. The van der Waals surface area contributed by atoms with E-state index in [1.807, 2.05) is 24.3 Å². The molecule has 1 saturated carbocycles. The second kappa shape index (κ2) is 8.48. The Hall–Kier alpha value is -2.80. The van der Waals surface area contributed by atoms with E-state index in [1.165, 1.54) is 19.1 Å². The van der Waals surface area contributed by atoms with Crippen LogP contribution in [0.3, 0.4) is 0 Å². The van der Waals surface area contributed by atoms with Crippen molar-refractivity contribution in [3.05, 3.63) is 54.0 Å². The highest BCUT2D eigenvalue weighted by Crippen LogP contribution is 2.29. The van der Waals surface area contributed by atoms with Crippen molar-refractivity contribution in [1.29, 1.82) is 0 Å². The molecule has 1 aliphatic heterocycles. The summed E-state index contributed by atoms with van der Waals surface area (Å²) in [5.74, 6) is 0.934. The van der Waals surface area contributed by atoms with E-state index >= 15 is 0 Å². The second-order valence-corrected chi connectivity index (χ2v) is 7.35. The van der Waals surface area contributed by atoms with Gasteiger partial charge in [0.1, 0.15) is 0 Å². The zero-order valence-corrected chi connectivity index (χ0v) is 15.8. The first-order chi connectivity index (χ1) is 13.7. The number of nitrogens with one attached hydrogen (secondary N) is 1. The summed E-state index contributed by atoms with van der Waals surface area (Å²) in [5, 5.41) is 2.94. The normalized spacial score (nSPS) is 16.9. The molecule has 0 radical (unpaired) electrons. The molecule has 1 aromatic carbocycles. The van der Waals surface area contributed by atoms with E-state index in [0.29, 0.717) is 38.5 Å². The molecule has 4 rings (SSSR count). The number of hydrogen-bond acceptors (Lipinski definition) is 4.